The summed E-state index contributed by atoms with van der Waals surface area (Å²) in [5.41, 5.74) is 4.05. The predicted molar refractivity (Wildman–Crippen MR) is 110 cm³/mol. The number of pyridine rings is 2. The van der Waals surface area contributed by atoms with E-state index in [1.54, 1.807) is 0 Å². The van der Waals surface area contributed by atoms with Crippen LogP contribution in [-0.4, -0.2) is 61.3 Å². The van der Waals surface area contributed by atoms with Gasteiger partial charge < -0.3 is 19.1 Å². The zero-order chi connectivity index (χ0) is 20.3. The topological polar surface area (TPSA) is 92.9 Å². The Labute approximate surface area is 175 Å². The third-order valence-corrected chi connectivity index (χ3v) is 5.63. The van der Waals surface area contributed by atoms with Gasteiger partial charge in [0, 0.05) is 37.7 Å². The van der Waals surface area contributed by atoms with E-state index in [1.807, 2.05) is 18.3 Å². The maximum absolute atomic E-state index is 9.41. The Morgan fingerprint density at radius 3 is 2.70 bits per heavy atom. The van der Waals surface area contributed by atoms with Crippen LogP contribution in [0.3, 0.4) is 0 Å². The standard InChI is InChI=1S/C22H23N5O3/c23-13-17-11-16-14-25-21(20(16)22(26-17)30-18-2-7-28-8-3-18)15-1-4-24-19(12-15)27-5-9-29-10-6-27/h1,4,11-12,18H,2-3,5-10,14H2. The average molecular weight is 405 g/mol. The van der Waals surface area contributed by atoms with Gasteiger partial charge in [0.05, 0.1) is 44.2 Å². The molecule has 0 N–H and O–H groups in total. The number of nitriles is 1. The van der Waals surface area contributed by atoms with E-state index in [9.17, 15) is 5.26 Å². The summed E-state index contributed by atoms with van der Waals surface area (Å²) in [6, 6.07) is 7.99. The zero-order valence-corrected chi connectivity index (χ0v) is 16.7. The molecule has 30 heavy (non-hydrogen) atoms. The normalized spacial score (nSPS) is 19.2. The quantitative estimate of drug-likeness (QED) is 0.769. The second kappa shape index (κ2) is 8.38. The molecule has 0 atom stereocenters. The zero-order valence-electron chi connectivity index (χ0n) is 16.7. The fraction of sp³-hybridized carbons (Fsp3) is 0.455. The molecule has 8 heteroatoms. The first-order valence-corrected chi connectivity index (χ1v) is 10.3. The van der Waals surface area contributed by atoms with Gasteiger partial charge >= 0.3 is 0 Å². The largest absolute Gasteiger partial charge is 0.474 e. The van der Waals surface area contributed by atoms with Crippen molar-refractivity contribution >= 4 is 11.5 Å². The third kappa shape index (κ3) is 3.74. The Bertz CT molecular complexity index is 1000. The molecular formula is C22H23N5O3. The molecule has 5 rings (SSSR count). The number of aliphatic imine (C=N–C) groups is 1. The fourth-order valence-electron chi connectivity index (χ4n) is 4.05. The Kier molecular flexibility index (Phi) is 5.30. The van der Waals surface area contributed by atoms with Gasteiger partial charge in [-0.05, 0) is 23.8 Å². The molecule has 0 amide bonds. The first-order chi connectivity index (χ1) is 14.8. The van der Waals surface area contributed by atoms with Crippen LogP contribution < -0.4 is 9.64 Å². The number of hydrogen-bond acceptors (Lipinski definition) is 8. The molecule has 3 aliphatic rings. The Hall–Kier alpha value is -3.02. The predicted octanol–water partition coefficient (Wildman–Crippen LogP) is 2.09. The lowest BCUT2D eigenvalue weighted by Gasteiger charge is -2.28. The van der Waals surface area contributed by atoms with Crippen molar-refractivity contribution < 1.29 is 14.2 Å². The highest BCUT2D eigenvalue weighted by Crippen LogP contribution is 2.32. The molecule has 0 spiro atoms. The molecule has 8 nitrogen and oxygen atoms in total. The van der Waals surface area contributed by atoms with E-state index in [1.165, 1.54) is 0 Å². The minimum Gasteiger partial charge on any atom is -0.474 e. The molecule has 3 aliphatic heterocycles. The van der Waals surface area contributed by atoms with E-state index in [0.29, 0.717) is 44.5 Å². The first-order valence-electron chi connectivity index (χ1n) is 10.3. The maximum atomic E-state index is 9.41. The van der Waals surface area contributed by atoms with Crippen molar-refractivity contribution in [2.24, 2.45) is 4.99 Å². The van der Waals surface area contributed by atoms with Crippen LogP contribution in [0, 0.1) is 11.3 Å². The van der Waals surface area contributed by atoms with E-state index in [4.69, 9.17) is 19.2 Å². The third-order valence-electron chi connectivity index (χ3n) is 5.63. The second-order valence-corrected chi connectivity index (χ2v) is 7.56. The Morgan fingerprint density at radius 2 is 1.90 bits per heavy atom. The van der Waals surface area contributed by atoms with E-state index in [2.05, 4.69) is 27.0 Å². The van der Waals surface area contributed by atoms with E-state index < -0.39 is 0 Å². The number of hydrogen-bond donors (Lipinski definition) is 0. The minimum atomic E-state index is 0.0347. The molecule has 2 fully saturated rings. The summed E-state index contributed by atoms with van der Waals surface area (Å²) in [5.74, 6) is 1.41. The molecule has 0 saturated carbocycles. The summed E-state index contributed by atoms with van der Waals surface area (Å²) in [7, 11) is 0. The molecular weight excluding hydrogens is 382 g/mol. The summed E-state index contributed by atoms with van der Waals surface area (Å²) >= 11 is 0. The number of fused-ring (bicyclic) bond motifs is 1. The summed E-state index contributed by atoms with van der Waals surface area (Å²) < 4.78 is 17.2. The van der Waals surface area contributed by atoms with Gasteiger partial charge in [-0.15, -0.1) is 0 Å². The molecule has 0 bridgehead atoms. The van der Waals surface area contributed by atoms with Gasteiger partial charge in [0.2, 0.25) is 5.88 Å². The van der Waals surface area contributed by atoms with Crippen molar-refractivity contribution in [3.8, 4) is 11.9 Å². The van der Waals surface area contributed by atoms with E-state index in [0.717, 1.165) is 54.2 Å². The molecule has 2 saturated heterocycles. The summed E-state index contributed by atoms with van der Waals surface area (Å²) in [4.78, 5) is 16.0. The molecule has 154 valence electrons. The molecule has 5 heterocycles. The van der Waals surface area contributed by atoms with Gasteiger partial charge in [0.1, 0.15) is 23.7 Å². The second-order valence-electron chi connectivity index (χ2n) is 7.56. The number of anilines is 1. The molecule has 2 aromatic rings. The smallest absolute Gasteiger partial charge is 0.224 e. The van der Waals surface area contributed by atoms with Crippen molar-refractivity contribution in [1.29, 1.82) is 5.26 Å². The van der Waals surface area contributed by atoms with Crippen molar-refractivity contribution in [3.63, 3.8) is 0 Å². The molecule has 0 radical (unpaired) electrons. The maximum Gasteiger partial charge on any atom is 0.224 e. The Balaban J connectivity index is 1.49. The Morgan fingerprint density at radius 1 is 1.10 bits per heavy atom. The van der Waals surface area contributed by atoms with Crippen LogP contribution >= 0.6 is 0 Å². The summed E-state index contributed by atoms with van der Waals surface area (Å²) in [5, 5.41) is 9.41. The van der Waals surface area contributed by atoms with Crippen LogP contribution in [-0.2, 0) is 16.0 Å². The SMILES string of the molecule is N#Cc1cc2c(c(OC3CCOCC3)n1)C(c1ccnc(N3CCOCC3)c1)=NC2. The van der Waals surface area contributed by atoms with Crippen molar-refractivity contribution in [1.82, 2.24) is 9.97 Å². The highest BCUT2D eigenvalue weighted by Gasteiger charge is 2.27. The highest BCUT2D eigenvalue weighted by molar-refractivity contribution is 6.16. The molecule has 0 aliphatic carbocycles. The van der Waals surface area contributed by atoms with Gasteiger partial charge in [-0.25, -0.2) is 9.97 Å². The van der Waals surface area contributed by atoms with Crippen molar-refractivity contribution in [2.75, 3.05) is 44.4 Å². The first kappa shape index (κ1) is 19.0. The van der Waals surface area contributed by atoms with Crippen LogP contribution in [0.2, 0.25) is 0 Å². The molecule has 2 aromatic heterocycles. The highest BCUT2D eigenvalue weighted by atomic mass is 16.5. The van der Waals surface area contributed by atoms with Gasteiger partial charge in [-0.1, -0.05) is 0 Å². The van der Waals surface area contributed by atoms with Gasteiger partial charge in [0.25, 0.3) is 0 Å². The number of nitrogens with zero attached hydrogens (tertiary/aromatic N) is 5. The van der Waals surface area contributed by atoms with Crippen LogP contribution in [0.5, 0.6) is 5.88 Å². The van der Waals surface area contributed by atoms with E-state index >= 15 is 0 Å². The monoisotopic (exact) mass is 405 g/mol. The molecule has 0 aromatic carbocycles. The lowest BCUT2D eigenvalue weighted by Crippen LogP contribution is -2.36. The summed E-state index contributed by atoms with van der Waals surface area (Å²) in [6.07, 6.45) is 3.48. The van der Waals surface area contributed by atoms with Crippen molar-refractivity contribution in [2.45, 2.75) is 25.5 Å². The fourth-order valence-corrected chi connectivity index (χ4v) is 4.05. The summed E-state index contributed by atoms with van der Waals surface area (Å²) in [6.45, 7) is 4.94. The van der Waals surface area contributed by atoms with Gasteiger partial charge in [-0.3, -0.25) is 4.99 Å². The van der Waals surface area contributed by atoms with Crippen LogP contribution in [0.4, 0.5) is 5.82 Å². The van der Waals surface area contributed by atoms with E-state index in [-0.39, 0.29) is 6.10 Å². The van der Waals surface area contributed by atoms with Crippen LogP contribution in [0.1, 0.15) is 35.2 Å². The minimum absolute atomic E-state index is 0.0347. The lowest BCUT2D eigenvalue weighted by atomic mass is 10.0. The lowest BCUT2D eigenvalue weighted by molar-refractivity contribution is 0.0236. The van der Waals surface area contributed by atoms with Crippen LogP contribution in [0.15, 0.2) is 29.4 Å². The van der Waals surface area contributed by atoms with Gasteiger partial charge in [-0.2, -0.15) is 5.26 Å². The number of aromatic nitrogens is 2. The number of ether oxygens (including phenoxy) is 3. The average Bonchev–Trinajstić information content (AvgIpc) is 3.25. The van der Waals surface area contributed by atoms with Gasteiger partial charge in [0.15, 0.2) is 0 Å². The van der Waals surface area contributed by atoms with Crippen molar-refractivity contribution in [3.05, 3.63) is 46.8 Å². The molecule has 0 unspecified atom stereocenters. The number of rotatable bonds is 4. The number of morpholine rings is 1. The van der Waals surface area contributed by atoms with Crippen LogP contribution in [0.25, 0.3) is 0 Å².